The fraction of sp³-hybridized carbons (Fsp3) is 0.424. The largest absolute Gasteiger partial charge is 0.573 e. The summed E-state index contributed by atoms with van der Waals surface area (Å²) >= 11 is 14.5. The molecule has 1 aromatic heterocycles. The molecule has 15 rings (SSSR count). The van der Waals surface area contributed by atoms with E-state index in [4.69, 9.17) is 72.6 Å². The number of ether oxygens (including phenoxy) is 9. The number of nitrogens with one attached hydrogen (secondary N) is 8. The number of aromatic hydroxyl groups is 3. The van der Waals surface area contributed by atoms with Crippen LogP contribution in [0, 0.1) is 5.92 Å². The van der Waals surface area contributed by atoms with Crippen LogP contribution in [-0.4, -0.2) is 250 Å². The number of carboxylic acid groups (broad SMARTS) is 1. The number of aromatic nitrogens is 1. The van der Waals surface area contributed by atoms with Crippen molar-refractivity contribution in [2.75, 3.05) is 20.2 Å². The first kappa shape index (κ1) is 96.1. The first-order chi connectivity index (χ1) is 61.5. The second-order valence-electron chi connectivity index (χ2n) is 32.6. The lowest BCUT2D eigenvalue weighted by atomic mass is 9.86. The molecular formula is C85H94Cl2F3N11O29. The average Bonchev–Trinajstić information content (AvgIpc) is 0.760. The summed E-state index contributed by atoms with van der Waals surface area (Å²) in [6.07, 6.45) is -33.4. The maximum absolute atomic E-state index is 16.4. The standard InChI is InChI=1S/C85H94Cl2F3N11O29/c1-32(2)18-47(93-5)75(114)100-63-65(107)37-10-16-51(44(86)20-37)123-53-22-39-23-54(72(53)128-83-70(112)68(110)73(56(31-102)126-83)129-82-69(111)67(109)66(108)55(125-82)30-94-28-34-6-14-46(95-29-34)35-7-12-41(13-8-35)130-85(88,89)90)124-52-17-11-38(21-45(52)87)71(127-58-27-84(4,92)74(113)33(3)122-58)64-80(119)99-62(81(120)121)43-24-40(103)25-50(105)59(43)42-19-36(9-15-49(42)104)60(77(116)101-64)98-78(117)61(39)97-76(115)48(26-57(91)106)96-79(63)118/h6-17,19-25,29,32-33,47-48,55-56,58,60-71,73-74,82-83,93-94,102-105,107-113H,18,26-28,30-31,92H2,1-5H3,(H2,91,106)(H,96,118)(H,97,115)(H,98,117)(H,99,119)(H,100,114)(H,101,116)(H,120,121)/t33-,47+,48?,55+,56+,58-,60+,61+,62-,63?,64-,65+,66-,67-,68+,69+,70+,71+,73+,74-,82-,83-,84-/m0/s1. The second-order valence-corrected chi connectivity index (χ2v) is 33.4. The number of nitrogens with two attached hydrogens (primary N) is 2. The van der Waals surface area contributed by atoms with Gasteiger partial charge in [-0.2, -0.15) is 0 Å². The van der Waals surface area contributed by atoms with Gasteiger partial charge in [-0.25, -0.2) is 4.79 Å². The van der Waals surface area contributed by atoms with Crippen LogP contribution in [0.4, 0.5) is 13.2 Å². The summed E-state index contributed by atoms with van der Waals surface area (Å²) in [5.41, 5.74) is 9.19. The van der Waals surface area contributed by atoms with Crippen LogP contribution in [0.5, 0.6) is 51.7 Å². The molecule has 8 aliphatic rings. The van der Waals surface area contributed by atoms with Gasteiger partial charge in [-0.05, 0) is 146 Å². The molecule has 7 aromatic rings. The minimum absolute atomic E-state index is 0.0199. The van der Waals surface area contributed by atoms with Gasteiger partial charge < -0.3 is 158 Å². The number of carbonyl (C=O) groups is 8. The number of primary amides is 1. The van der Waals surface area contributed by atoms with Crippen molar-refractivity contribution in [2.45, 2.75) is 200 Å². The summed E-state index contributed by atoms with van der Waals surface area (Å²) < 4.78 is 93.5. The van der Waals surface area contributed by atoms with Crippen LogP contribution in [-0.2, 0) is 68.6 Å². The maximum atomic E-state index is 16.4. The molecule has 6 aromatic carbocycles. The van der Waals surface area contributed by atoms with Crippen LogP contribution in [0.1, 0.15) is 111 Å². The molecule has 0 aliphatic carbocycles. The summed E-state index contributed by atoms with van der Waals surface area (Å²) in [5.74, 6) is -17.5. The van der Waals surface area contributed by atoms with Gasteiger partial charge in [-0.1, -0.05) is 61.3 Å². The average molecular weight is 1860 g/mol. The highest BCUT2D eigenvalue weighted by Crippen LogP contribution is 2.51. The molecule has 40 nitrogen and oxygen atoms in total. The lowest BCUT2D eigenvalue weighted by Gasteiger charge is -2.46. The quantitative estimate of drug-likeness (QED) is 0.0487. The molecule has 7 amide bonds. The third kappa shape index (κ3) is 21.4. The lowest BCUT2D eigenvalue weighted by molar-refractivity contribution is -0.350. The molecule has 11 bridgehead atoms. The number of hydrogen-bond acceptors (Lipinski definition) is 32. The predicted octanol–water partition coefficient (Wildman–Crippen LogP) is 1.69. The molecule has 8 aliphatic heterocycles. The zero-order valence-corrected chi connectivity index (χ0v) is 70.9. The van der Waals surface area contributed by atoms with Crippen LogP contribution < -0.4 is 72.9 Å². The Bertz CT molecular complexity index is 5400. The van der Waals surface area contributed by atoms with E-state index in [2.05, 4.69) is 52.3 Å². The molecule has 2 unspecified atom stereocenters. The fourth-order valence-electron chi connectivity index (χ4n) is 15.9. The topological polar surface area (TPSA) is 624 Å². The summed E-state index contributed by atoms with van der Waals surface area (Å²) in [6.45, 7) is 5.05. The van der Waals surface area contributed by atoms with Crippen molar-refractivity contribution < 1.29 is 155 Å². The van der Waals surface area contributed by atoms with E-state index < -0.39 is 296 Å². The highest BCUT2D eigenvalue weighted by Gasteiger charge is 2.53. The Kier molecular flexibility index (Phi) is 29.4. The maximum Gasteiger partial charge on any atom is 0.573 e. The number of fused-ring (bicyclic) bond motifs is 15. The van der Waals surface area contributed by atoms with Crippen molar-refractivity contribution in [3.63, 3.8) is 0 Å². The first-order valence-electron chi connectivity index (χ1n) is 40.6. The van der Waals surface area contributed by atoms with E-state index in [1.807, 2.05) is 0 Å². The number of alkyl halides is 3. The number of aliphatic hydroxyl groups excluding tert-OH is 8. The molecule has 3 fully saturated rings. The molecule has 9 heterocycles. The number of nitrogens with zero attached hydrogens (tertiary/aromatic N) is 1. The Balaban J connectivity index is 0.939. The van der Waals surface area contributed by atoms with E-state index in [-0.39, 0.29) is 43.0 Å². The number of benzene rings is 6. The lowest BCUT2D eigenvalue weighted by Crippen LogP contribution is -2.65. The Labute approximate surface area is 746 Å². The van der Waals surface area contributed by atoms with Gasteiger partial charge in [0, 0.05) is 59.6 Å². The van der Waals surface area contributed by atoms with Gasteiger partial charge in [0.1, 0.15) is 126 Å². The number of hydrogen-bond donors (Lipinski definition) is 22. The van der Waals surface area contributed by atoms with E-state index in [0.29, 0.717) is 16.8 Å². The van der Waals surface area contributed by atoms with Crippen LogP contribution in [0.3, 0.4) is 0 Å². The molecule has 24 N–H and O–H groups in total. The number of likely N-dealkylation sites (N-methyl/N-ethyl adjacent to an activating group) is 1. The number of halogens is 5. The van der Waals surface area contributed by atoms with Crippen molar-refractivity contribution in [3.8, 4) is 74.1 Å². The molecule has 0 saturated carbocycles. The first-order valence-corrected chi connectivity index (χ1v) is 41.4. The number of amides is 7. The van der Waals surface area contributed by atoms with E-state index in [1.54, 1.807) is 26.0 Å². The normalized spacial score (nSPS) is 29.2. The minimum atomic E-state index is -4.91. The Morgan fingerprint density at radius 3 is 1.92 bits per heavy atom. The van der Waals surface area contributed by atoms with Gasteiger partial charge in [0.2, 0.25) is 53.4 Å². The van der Waals surface area contributed by atoms with Crippen LogP contribution in [0.2, 0.25) is 10.0 Å². The van der Waals surface area contributed by atoms with Crippen LogP contribution in [0.25, 0.3) is 22.4 Å². The van der Waals surface area contributed by atoms with Crippen LogP contribution in [0.15, 0.2) is 121 Å². The van der Waals surface area contributed by atoms with Crippen molar-refractivity contribution in [1.82, 2.24) is 47.5 Å². The van der Waals surface area contributed by atoms with E-state index in [0.717, 1.165) is 78.9 Å². The van der Waals surface area contributed by atoms with Crippen LogP contribution >= 0.6 is 23.2 Å². The Morgan fingerprint density at radius 2 is 1.31 bits per heavy atom. The summed E-state index contributed by atoms with van der Waals surface area (Å²) in [6, 6.07) is 6.75. The monoisotopic (exact) mass is 1860 g/mol. The Morgan fingerprint density at radius 1 is 0.677 bits per heavy atom. The van der Waals surface area contributed by atoms with Crippen molar-refractivity contribution in [1.29, 1.82) is 0 Å². The molecule has 3 saturated heterocycles. The van der Waals surface area contributed by atoms with Crippen molar-refractivity contribution in [3.05, 3.63) is 165 Å². The van der Waals surface area contributed by atoms with E-state index >= 15 is 24.0 Å². The molecule has 130 heavy (non-hydrogen) atoms. The number of rotatable bonds is 21. The third-order valence-electron chi connectivity index (χ3n) is 22.6. The van der Waals surface area contributed by atoms with Gasteiger partial charge in [0.25, 0.3) is 0 Å². The number of aliphatic hydroxyl groups is 8. The fourth-order valence-corrected chi connectivity index (χ4v) is 16.3. The summed E-state index contributed by atoms with van der Waals surface area (Å²) in [4.78, 5) is 125. The number of carboxylic acids is 1. The molecule has 0 radical (unpaired) electrons. The molecule has 698 valence electrons. The number of pyridine rings is 1. The van der Waals surface area contributed by atoms with Crippen molar-refractivity contribution >= 4 is 70.5 Å². The molecular weight excluding hydrogens is 1770 g/mol. The smallest absolute Gasteiger partial charge is 0.508 e. The zero-order valence-electron chi connectivity index (χ0n) is 69.4. The SMILES string of the molecule is CN[C@H](CC(C)C)C(=O)NC1C(=O)NC(CC(N)=O)C(=O)N[C@H]2C(=O)N[C@H]3C(=O)N[C@H](C(=O)N[C@H](C(=O)O)c4cc(O)cc(O)c4-c4cc3ccc4O)[C@H](O[C@H]3C[C@](C)(N)[C@@H](O)[C@H](C)O3)c3ccc(c(Cl)c3)Oc3cc2cc(c3O[C@@H]2O[C@H](CO)[C@@H](O[C@@H]3O[C@H](CNCc4ccc(-c5ccc(OC(F)(F)F)cc5)nc4)[C@H](O)[C@H](O)[C@H]3O)[C@H](O)[C@H]2O)Oc2ccc(cc2Cl)[C@H]1O. The van der Waals surface area contributed by atoms with Gasteiger partial charge in [0.15, 0.2) is 30.1 Å². The summed E-state index contributed by atoms with van der Waals surface area (Å²) in [7, 11) is 1.45. The Hall–Kier alpha value is -11.4. The van der Waals surface area contributed by atoms with Crippen molar-refractivity contribution in [2.24, 2.45) is 17.4 Å². The predicted molar refractivity (Wildman–Crippen MR) is 443 cm³/mol. The zero-order chi connectivity index (χ0) is 94.1. The van der Waals surface area contributed by atoms with E-state index in [1.165, 1.54) is 51.4 Å². The molecule has 23 atom stereocenters. The number of carbonyl (C=O) groups excluding carboxylic acids is 7. The van der Waals surface area contributed by atoms with Gasteiger partial charge in [-0.15, -0.1) is 13.2 Å². The number of aliphatic carboxylic acids is 1. The van der Waals surface area contributed by atoms with Gasteiger partial charge in [-0.3, -0.25) is 38.5 Å². The second kappa shape index (κ2) is 39.7. The molecule has 0 spiro atoms. The van der Waals surface area contributed by atoms with Gasteiger partial charge >= 0.3 is 12.3 Å². The summed E-state index contributed by atoms with van der Waals surface area (Å²) in [5, 5.41) is 159. The van der Waals surface area contributed by atoms with E-state index in [9.17, 15) is 88.8 Å². The number of phenolic OH excluding ortho intramolecular Hbond substituents is 3. The van der Waals surface area contributed by atoms with Gasteiger partial charge in [0.05, 0.1) is 47.0 Å². The number of phenols is 3. The molecule has 45 heteroatoms. The highest BCUT2D eigenvalue weighted by atomic mass is 35.5. The minimum Gasteiger partial charge on any atom is -0.508 e. The highest BCUT2D eigenvalue weighted by molar-refractivity contribution is 6.32. The third-order valence-corrected chi connectivity index (χ3v) is 23.2.